The maximum atomic E-state index is 14.4. The fraction of sp³-hybridized carbons (Fsp3) is 0.471. The van der Waals surface area contributed by atoms with Crippen LogP contribution in [0.5, 0.6) is 0 Å². The zero-order valence-corrected chi connectivity index (χ0v) is 26.9. The molecular formula is C34H45FN4O5. The number of amides is 2. The molecule has 0 saturated carbocycles. The van der Waals surface area contributed by atoms with Crippen LogP contribution >= 0.6 is 0 Å². The van der Waals surface area contributed by atoms with Gasteiger partial charge in [0.2, 0.25) is 5.91 Å². The van der Waals surface area contributed by atoms with Gasteiger partial charge in [0.15, 0.2) is 11.9 Å². The van der Waals surface area contributed by atoms with E-state index in [1.54, 1.807) is 51.6 Å². The Balaban J connectivity index is 1.81. The van der Waals surface area contributed by atoms with Crippen molar-refractivity contribution in [3.8, 4) is 0 Å². The van der Waals surface area contributed by atoms with Crippen molar-refractivity contribution in [2.24, 2.45) is 5.41 Å². The Bertz CT molecular complexity index is 1560. The molecule has 1 aromatic carbocycles. The number of ether oxygens (including phenoxy) is 1. The van der Waals surface area contributed by atoms with Gasteiger partial charge < -0.3 is 24.1 Å². The zero-order valence-electron chi connectivity index (χ0n) is 26.9. The summed E-state index contributed by atoms with van der Waals surface area (Å²) in [5.41, 5.74) is 2.34. The van der Waals surface area contributed by atoms with E-state index in [2.05, 4.69) is 25.8 Å². The molecule has 0 saturated heterocycles. The third-order valence-electron chi connectivity index (χ3n) is 7.13. The minimum absolute atomic E-state index is 0.0403. The van der Waals surface area contributed by atoms with Crippen molar-refractivity contribution in [2.75, 3.05) is 27.7 Å². The molecule has 44 heavy (non-hydrogen) atoms. The molecule has 0 aliphatic carbocycles. The van der Waals surface area contributed by atoms with Crippen molar-refractivity contribution in [3.63, 3.8) is 0 Å². The van der Waals surface area contributed by atoms with Crippen LogP contribution in [0, 0.1) is 11.2 Å². The number of aromatic nitrogens is 2. The summed E-state index contributed by atoms with van der Waals surface area (Å²) in [6, 6.07) is 8.15. The van der Waals surface area contributed by atoms with Crippen LogP contribution in [0.2, 0.25) is 0 Å². The van der Waals surface area contributed by atoms with Crippen molar-refractivity contribution in [3.05, 3.63) is 81.7 Å². The van der Waals surface area contributed by atoms with Crippen LogP contribution in [0.25, 0.3) is 10.9 Å². The Morgan fingerprint density at radius 3 is 2.50 bits per heavy atom. The number of Topliss-reactive ketones (excluding diaryl/α,β-unsaturated/α-hetero) is 1. The normalized spacial score (nSPS) is 12.5. The van der Waals surface area contributed by atoms with Gasteiger partial charge in [-0.25, -0.2) is 9.18 Å². The van der Waals surface area contributed by atoms with Crippen LogP contribution in [0.1, 0.15) is 63.8 Å². The molecule has 0 fully saturated rings. The summed E-state index contributed by atoms with van der Waals surface area (Å²) in [5, 5.41) is 0.734. The van der Waals surface area contributed by atoms with Gasteiger partial charge in [0.1, 0.15) is 5.82 Å². The molecule has 1 N–H and O–H groups in total. The lowest BCUT2D eigenvalue weighted by Gasteiger charge is -2.21. The first-order valence-corrected chi connectivity index (χ1v) is 15.0. The number of benzene rings is 1. The summed E-state index contributed by atoms with van der Waals surface area (Å²) in [6.45, 7) is 8.89. The lowest BCUT2D eigenvalue weighted by Crippen LogP contribution is -2.36. The molecule has 0 aliphatic heterocycles. The summed E-state index contributed by atoms with van der Waals surface area (Å²) >= 11 is 0. The molecule has 9 nitrogen and oxygen atoms in total. The van der Waals surface area contributed by atoms with Crippen molar-refractivity contribution >= 4 is 28.7 Å². The zero-order chi connectivity index (χ0) is 32.6. The minimum atomic E-state index is -1.08. The number of ketones is 1. The maximum absolute atomic E-state index is 14.4. The van der Waals surface area contributed by atoms with Gasteiger partial charge in [-0.3, -0.25) is 14.4 Å². The molecule has 3 rings (SSSR count). The van der Waals surface area contributed by atoms with Crippen LogP contribution < -0.4 is 5.56 Å². The number of nitrogens with zero attached hydrogens (tertiary/aromatic N) is 3. The number of nitrogens with one attached hydrogen (secondary N) is 1. The molecule has 10 heteroatoms. The molecule has 2 aromatic heterocycles. The van der Waals surface area contributed by atoms with E-state index in [9.17, 15) is 23.6 Å². The second kappa shape index (κ2) is 15.0. The van der Waals surface area contributed by atoms with Crippen LogP contribution in [0.15, 0.2) is 53.5 Å². The first-order valence-electron chi connectivity index (χ1n) is 15.0. The van der Waals surface area contributed by atoms with Gasteiger partial charge in [-0.2, -0.15) is 0 Å². The maximum Gasteiger partial charge on any atom is 0.410 e. The molecule has 0 unspecified atom stereocenters. The Hall–Kier alpha value is -4.21. The Labute approximate surface area is 258 Å². The number of H-pyrrole nitrogens is 1. The van der Waals surface area contributed by atoms with Crippen molar-refractivity contribution in [2.45, 2.75) is 72.4 Å². The number of fused-ring (bicyclic) bond motifs is 1. The van der Waals surface area contributed by atoms with E-state index >= 15 is 0 Å². The third kappa shape index (κ3) is 9.65. The van der Waals surface area contributed by atoms with Gasteiger partial charge in [0.25, 0.3) is 5.56 Å². The summed E-state index contributed by atoms with van der Waals surface area (Å²) < 4.78 is 21.5. The van der Waals surface area contributed by atoms with Crippen LogP contribution in [0.4, 0.5) is 9.18 Å². The standard InChI is InChI=1S/C34H45FN4O5/c1-8-15-38(7)33(43)44-29(13-9-10-14-30(41)37(5)6)28(40)20-23-12-11-16-39(32(23)42)22-27-19-24-17-26(35)18-25(31(24)36-27)21-34(2,3)4/h10-12,14,16-19,29,36H,8-9,13,15,20-22H2,1-7H3/b14-10+/t29-/m0/s1. The number of rotatable bonds is 13. The quantitative estimate of drug-likeness (QED) is 0.259. The number of carbonyl (C=O) groups excluding carboxylic acids is 3. The molecule has 0 aliphatic rings. The Kier molecular flexibility index (Phi) is 11.7. The molecule has 3 aromatic rings. The molecule has 2 amide bonds. The highest BCUT2D eigenvalue weighted by Gasteiger charge is 2.25. The Morgan fingerprint density at radius 2 is 1.84 bits per heavy atom. The SMILES string of the molecule is CCCN(C)C(=O)O[C@@H](CC/C=C/C(=O)N(C)C)C(=O)Cc1cccn(Cc2cc3cc(F)cc(CC(C)(C)C)c3[nH]2)c1=O. The van der Waals surface area contributed by atoms with E-state index in [1.807, 2.05) is 13.0 Å². The number of halogens is 1. The molecule has 1 atom stereocenters. The highest BCUT2D eigenvalue weighted by molar-refractivity contribution is 5.88. The van der Waals surface area contributed by atoms with Gasteiger partial charge in [0, 0.05) is 62.5 Å². The predicted molar refractivity (Wildman–Crippen MR) is 170 cm³/mol. The predicted octanol–water partition coefficient (Wildman–Crippen LogP) is 5.49. The van der Waals surface area contributed by atoms with Crippen LogP contribution in [0.3, 0.4) is 0 Å². The smallest absolute Gasteiger partial charge is 0.410 e. The van der Waals surface area contributed by atoms with Crippen LogP contribution in [-0.2, 0) is 33.7 Å². The summed E-state index contributed by atoms with van der Waals surface area (Å²) in [5.74, 6) is -0.905. The first kappa shape index (κ1) is 34.3. The average Bonchev–Trinajstić information content (AvgIpc) is 3.33. The van der Waals surface area contributed by atoms with Gasteiger partial charge in [-0.15, -0.1) is 0 Å². The van der Waals surface area contributed by atoms with Crippen LogP contribution in [-0.4, -0.2) is 70.9 Å². The van der Waals surface area contributed by atoms with E-state index in [0.717, 1.165) is 28.6 Å². The topological polar surface area (TPSA) is 105 Å². The first-order chi connectivity index (χ1) is 20.7. The van der Waals surface area contributed by atoms with E-state index < -0.39 is 18.0 Å². The van der Waals surface area contributed by atoms with Gasteiger partial charge in [-0.1, -0.05) is 39.8 Å². The second-order valence-electron chi connectivity index (χ2n) is 12.7. The highest BCUT2D eigenvalue weighted by Crippen LogP contribution is 2.28. The largest absolute Gasteiger partial charge is 0.438 e. The van der Waals surface area contributed by atoms with Crippen molar-refractivity contribution < 1.29 is 23.5 Å². The lowest BCUT2D eigenvalue weighted by atomic mass is 9.87. The summed E-state index contributed by atoms with van der Waals surface area (Å²) in [7, 11) is 4.88. The van der Waals surface area contributed by atoms with Crippen molar-refractivity contribution in [1.82, 2.24) is 19.4 Å². The summed E-state index contributed by atoms with van der Waals surface area (Å²) in [4.78, 5) is 57.5. The minimum Gasteiger partial charge on any atom is -0.438 e. The molecule has 2 heterocycles. The number of aromatic amines is 1. The van der Waals surface area contributed by atoms with Gasteiger partial charge in [-0.05, 0) is 67.0 Å². The van der Waals surface area contributed by atoms with E-state index in [4.69, 9.17) is 4.74 Å². The summed E-state index contributed by atoms with van der Waals surface area (Å²) in [6.07, 6.45) is 4.68. The fourth-order valence-corrected chi connectivity index (χ4v) is 4.97. The number of carbonyl (C=O) groups is 3. The molecule has 0 bridgehead atoms. The van der Waals surface area contributed by atoms with E-state index in [1.165, 1.54) is 26.5 Å². The number of pyridine rings is 1. The second-order valence-corrected chi connectivity index (χ2v) is 12.7. The Morgan fingerprint density at radius 1 is 1.11 bits per heavy atom. The fourth-order valence-electron chi connectivity index (χ4n) is 4.97. The monoisotopic (exact) mass is 608 g/mol. The number of allylic oxidation sites excluding steroid dienone is 1. The van der Waals surface area contributed by atoms with Crippen molar-refractivity contribution in [1.29, 1.82) is 0 Å². The van der Waals surface area contributed by atoms with E-state index in [-0.39, 0.29) is 47.6 Å². The van der Waals surface area contributed by atoms with E-state index in [0.29, 0.717) is 19.4 Å². The third-order valence-corrected chi connectivity index (χ3v) is 7.13. The van der Waals surface area contributed by atoms with Gasteiger partial charge in [0.05, 0.1) is 6.54 Å². The number of hydrogen-bond acceptors (Lipinski definition) is 5. The molecule has 238 valence electrons. The molecule has 0 spiro atoms. The highest BCUT2D eigenvalue weighted by atomic mass is 19.1. The lowest BCUT2D eigenvalue weighted by molar-refractivity contribution is -0.127. The van der Waals surface area contributed by atoms with Gasteiger partial charge >= 0.3 is 6.09 Å². The number of hydrogen-bond donors (Lipinski definition) is 1. The molecule has 0 radical (unpaired) electrons. The molecular weight excluding hydrogens is 563 g/mol. The average molecular weight is 609 g/mol. The number of likely N-dealkylation sites (N-methyl/N-ethyl adjacent to an activating group) is 1.